The van der Waals surface area contributed by atoms with E-state index in [1.807, 2.05) is 0 Å². The van der Waals surface area contributed by atoms with E-state index in [2.05, 4.69) is 10.6 Å². The van der Waals surface area contributed by atoms with Gasteiger partial charge in [0.05, 0.1) is 6.04 Å². The van der Waals surface area contributed by atoms with E-state index in [9.17, 15) is 14.4 Å². The van der Waals surface area contributed by atoms with Crippen molar-refractivity contribution in [3.05, 3.63) is 0 Å². The summed E-state index contributed by atoms with van der Waals surface area (Å²) >= 11 is 0. The van der Waals surface area contributed by atoms with Crippen molar-refractivity contribution in [1.29, 1.82) is 0 Å². The summed E-state index contributed by atoms with van der Waals surface area (Å²) in [7, 11) is 0. The molecular weight excluding hydrogens is 246 g/mol. The highest BCUT2D eigenvalue weighted by Crippen LogP contribution is 2.20. The van der Waals surface area contributed by atoms with Crippen molar-refractivity contribution in [2.24, 2.45) is 0 Å². The number of rotatable bonds is 3. The number of carbonyl (C=O) groups is 3. The Balaban J connectivity index is 1.97. The lowest BCUT2D eigenvalue weighted by Gasteiger charge is -2.26. The summed E-state index contributed by atoms with van der Waals surface area (Å²) in [5.74, 6) is -0.627. The van der Waals surface area contributed by atoms with Crippen LogP contribution < -0.4 is 10.6 Å². The number of nitrogens with zero attached hydrogens (tertiary/aromatic N) is 1. The molecule has 6 nitrogen and oxygen atoms in total. The smallest absolute Gasteiger partial charge is 0.249 e. The Morgan fingerprint density at radius 3 is 2.68 bits per heavy atom. The summed E-state index contributed by atoms with van der Waals surface area (Å²) in [6.45, 7) is 3.16. The first kappa shape index (κ1) is 14.0. The van der Waals surface area contributed by atoms with Crippen LogP contribution in [-0.2, 0) is 14.4 Å². The van der Waals surface area contributed by atoms with Crippen LogP contribution in [-0.4, -0.2) is 47.8 Å². The average molecular weight is 267 g/mol. The van der Waals surface area contributed by atoms with Gasteiger partial charge in [-0.3, -0.25) is 19.7 Å². The van der Waals surface area contributed by atoms with E-state index >= 15 is 0 Å². The van der Waals surface area contributed by atoms with Gasteiger partial charge in [0.1, 0.15) is 6.04 Å². The summed E-state index contributed by atoms with van der Waals surface area (Å²) < 4.78 is 0. The molecule has 0 bridgehead atoms. The van der Waals surface area contributed by atoms with Crippen LogP contribution in [0.5, 0.6) is 0 Å². The molecule has 2 heterocycles. The number of hydrogen-bond acceptors (Lipinski definition) is 4. The van der Waals surface area contributed by atoms with Crippen LogP contribution in [0.2, 0.25) is 0 Å². The molecule has 2 aliphatic rings. The number of imide groups is 1. The van der Waals surface area contributed by atoms with Crippen molar-refractivity contribution in [1.82, 2.24) is 15.5 Å². The molecule has 0 unspecified atom stereocenters. The van der Waals surface area contributed by atoms with E-state index in [1.54, 1.807) is 11.8 Å². The van der Waals surface area contributed by atoms with E-state index in [1.165, 1.54) is 0 Å². The van der Waals surface area contributed by atoms with Crippen LogP contribution in [0, 0.1) is 0 Å². The van der Waals surface area contributed by atoms with E-state index in [4.69, 9.17) is 0 Å². The molecule has 0 saturated carbocycles. The molecule has 0 radical (unpaired) electrons. The number of nitrogens with one attached hydrogen (secondary N) is 2. The normalized spacial score (nSPS) is 26.5. The van der Waals surface area contributed by atoms with Gasteiger partial charge in [0.2, 0.25) is 17.7 Å². The predicted molar refractivity (Wildman–Crippen MR) is 69.2 cm³/mol. The Labute approximate surface area is 112 Å². The maximum absolute atomic E-state index is 12.3. The summed E-state index contributed by atoms with van der Waals surface area (Å²) in [4.78, 5) is 37.2. The molecule has 2 fully saturated rings. The predicted octanol–water partition coefficient (Wildman–Crippen LogP) is -0.218. The Morgan fingerprint density at radius 2 is 2.05 bits per heavy atom. The fourth-order valence-corrected chi connectivity index (χ4v) is 2.71. The van der Waals surface area contributed by atoms with E-state index < -0.39 is 6.04 Å². The first-order valence-electron chi connectivity index (χ1n) is 7.01. The number of hydrogen-bond donors (Lipinski definition) is 2. The molecule has 19 heavy (non-hydrogen) atoms. The number of amides is 3. The molecule has 0 aliphatic carbocycles. The fraction of sp³-hybridized carbons (Fsp3) is 0.769. The average Bonchev–Trinajstić information content (AvgIpc) is 3.08. The van der Waals surface area contributed by atoms with Crippen molar-refractivity contribution in [3.8, 4) is 0 Å². The summed E-state index contributed by atoms with van der Waals surface area (Å²) in [6, 6.07) is -0.638. The lowest BCUT2D eigenvalue weighted by Crippen LogP contribution is -2.51. The molecule has 0 aromatic rings. The maximum Gasteiger partial charge on any atom is 0.249 e. The van der Waals surface area contributed by atoms with Crippen molar-refractivity contribution < 1.29 is 14.4 Å². The van der Waals surface area contributed by atoms with Crippen LogP contribution in [0.4, 0.5) is 0 Å². The van der Waals surface area contributed by atoms with Gasteiger partial charge in [0, 0.05) is 13.0 Å². The lowest BCUT2D eigenvalue weighted by molar-refractivity contribution is -0.141. The minimum atomic E-state index is -0.481. The second-order valence-electron chi connectivity index (χ2n) is 5.10. The molecule has 2 atom stereocenters. The van der Waals surface area contributed by atoms with Gasteiger partial charge >= 0.3 is 0 Å². The highest BCUT2D eigenvalue weighted by Gasteiger charge is 2.38. The van der Waals surface area contributed by atoms with Crippen molar-refractivity contribution >= 4 is 17.7 Å². The topological polar surface area (TPSA) is 78.5 Å². The highest BCUT2D eigenvalue weighted by molar-refractivity contribution is 5.99. The van der Waals surface area contributed by atoms with Gasteiger partial charge in [-0.1, -0.05) is 6.92 Å². The van der Waals surface area contributed by atoms with Gasteiger partial charge in [0.15, 0.2) is 0 Å². The van der Waals surface area contributed by atoms with Gasteiger partial charge in [0.25, 0.3) is 0 Å². The summed E-state index contributed by atoms with van der Waals surface area (Å²) in [5, 5.41) is 5.51. The largest absolute Gasteiger partial charge is 0.329 e. The SMILES string of the molecule is CCC(=O)NC(=O)[C@@H]1CCCN1C(=O)[C@@H]1CCCN1. The molecule has 0 aromatic heterocycles. The van der Waals surface area contributed by atoms with E-state index in [0.717, 1.165) is 25.8 Å². The Bertz CT molecular complexity index is 377. The number of likely N-dealkylation sites (tertiary alicyclic amines) is 1. The van der Waals surface area contributed by atoms with Crippen LogP contribution in [0.1, 0.15) is 39.0 Å². The minimum Gasteiger partial charge on any atom is -0.329 e. The molecule has 2 saturated heterocycles. The first-order chi connectivity index (χ1) is 9.13. The van der Waals surface area contributed by atoms with Crippen molar-refractivity contribution in [3.63, 3.8) is 0 Å². The third-order valence-corrected chi connectivity index (χ3v) is 3.78. The monoisotopic (exact) mass is 267 g/mol. The Kier molecular flexibility index (Phi) is 4.52. The zero-order valence-electron chi connectivity index (χ0n) is 11.3. The molecular formula is C13H21N3O3. The Morgan fingerprint density at radius 1 is 1.26 bits per heavy atom. The molecule has 0 aromatic carbocycles. The molecule has 2 rings (SSSR count). The molecule has 0 spiro atoms. The van der Waals surface area contributed by atoms with Crippen molar-refractivity contribution in [2.45, 2.75) is 51.1 Å². The minimum absolute atomic E-state index is 0.000836. The second-order valence-corrected chi connectivity index (χ2v) is 5.10. The van der Waals surface area contributed by atoms with Crippen LogP contribution >= 0.6 is 0 Å². The third kappa shape index (κ3) is 3.12. The third-order valence-electron chi connectivity index (χ3n) is 3.78. The first-order valence-corrected chi connectivity index (χ1v) is 7.01. The second kappa shape index (κ2) is 6.14. The summed E-state index contributed by atoms with van der Waals surface area (Å²) in [5.41, 5.74) is 0. The zero-order chi connectivity index (χ0) is 13.8. The molecule has 2 N–H and O–H groups in total. The quantitative estimate of drug-likeness (QED) is 0.741. The number of carbonyl (C=O) groups excluding carboxylic acids is 3. The summed E-state index contributed by atoms with van der Waals surface area (Å²) in [6.07, 6.45) is 3.56. The molecule has 2 aliphatic heterocycles. The van der Waals surface area contributed by atoms with Crippen LogP contribution in [0.25, 0.3) is 0 Å². The Hall–Kier alpha value is -1.43. The van der Waals surface area contributed by atoms with E-state index in [-0.39, 0.29) is 30.2 Å². The van der Waals surface area contributed by atoms with Crippen LogP contribution in [0.3, 0.4) is 0 Å². The van der Waals surface area contributed by atoms with Crippen LogP contribution in [0.15, 0.2) is 0 Å². The molecule has 106 valence electrons. The van der Waals surface area contributed by atoms with Gasteiger partial charge in [-0.05, 0) is 32.2 Å². The zero-order valence-corrected chi connectivity index (χ0v) is 11.3. The molecule has 6 heteroatoms. The van der Waals surface area contributed by atoms with E-state index in [0.29, 0.717) is 13.0 Å². The van der Waals surface area contributed by atoms with Gasteiger partial charge in [-0.2, -0.15) is 0 Å². The highest BCUT2D eigenvalue weighted by atomic mass is 16.2. The van der Waals surface area contributed by atoms with Gasteiger partial charge < -0.3 is 10.2 Å². The van der Waals surface area contributed by atoms with Crippen molar-refractivity contribution in [2.75, 3.05) is 13.1 Å². The standard InChI is InChI=1S/C13H21N3O3/c1-2-11(17)15-12(18)10-6-4-8-16(10)13(19)9-5-3-7-14-9/h9-10,14H,2-8H2,1H3,(H,15,17,18)/t9-,10-/m0/s1. The van der Waals surface area contributed by atoms with Gasteiger partial charge in [-0.25, -0.2) is 0 Å². The lowest BCUT2D eigenvalue weighted by atomic mass is 10.1. The van der Waals surface area contributed by atoms with Gasteiger partial charge in [-0.15, -0.1) is 0 Å². The molecule has 3 amide bonds. The maximum atomic E-state index is 12.3. The fourth-order valence-electron chi connectivity index (χ4n) is 2.71.